The summed E-state index contributed by atoms with van der Waals surface area (Å²) >= 11 is 4.84. The van der Waals surface area contributed by atoms with Crippen molar-refractivity contribution in [2.75, 3.05) is 17.0 Å². The molecule has 0 aliphatic carbocycles. The molecule has 0 aromatic rings. The molecule has 1 heterocycles. The average molecular weight is 249 g/mol. The minimum Gasteiger partial charge on any atom is -0.317 e. The highest BCUT2D eigenvalue weighted by atomic mass is 79.9. The first kappa shape index (κ1) is 9.87. The Morgan fingerprint density at radius 3 is 3.17 bits per heavy atom. The van der Waals surface area contributed by atoms with Crippen molar-refractivity contribution in [1.82, 2.24) is 4.90 Å². The van der Waals surface area contributed by atoms with E-state index in [0.717, 1.165) is 5.75 Å². The van der Waals surface area contributed by atoms with Crippen molar-refractivity contribution < 1.29 is 4.79 Å². The first-order chi connectivity index (χ1) is 5.79. The molecule has 1 saturated heterocycles. The van der Waals surface area contributed by atoms with Gasteiger partial charge in [0.05, 0.1) is 11.9 Å². The van der Waals surface area contributed by atoms with Crippen molar-refractivity contribution in [3.63, 3.8) is 0 Å². The van der Waals surface area contributed by atoms with Crippen LogP contribution >= 0.6 is 27.7 Å². The lowest BCUT2D eigenvalue weighted by atomic mass is 10.3. The quantitative estimate of drug-likeness (QED) is 0.690. The number of nitriles is 1. The number of alkyl halides is 1. The predicted octanol–water partition coefficient (Wildman–Crippen LogP) is 1.20. The van der Waals surface area contributed by atoms with Crippen LogP contribution in [-0.4, -0.2) is 33.8 Å². The third-order valence-electron chi connectivity index (χ3n) is 1.66. The van der Waals surface area contributed by atoms with E-state index in [4.69, 9.17) is 5.26 Å². The van der Waals surface area contributed by atoms with Crippen LogP contribution in [0.3, 0.4) is 0 Å². The van der Waals surface area contributed by atoms with Crippen LogP contribution in [0.15, 0.2) is 0 Å². The van der Waals surface area contributed by atoms with E-state index in [0.29, 0.717) is 17.6 Å². The number of nitrogens with zero attached hydrogens (tertiary/aromatic N) is 2. The molecular formula is C7H9BrN2OS. The zero-order chi connectivity index (χ0) is 8.97. The SMILES string of the molecule is N#C[C@@H]1CSCN1C(=O)CCBr. The Hall–Kier alpha value is -0.210. The molecule has 0 spiro atoms. The molecule has 1 atom stereocenters. The zero-order valence-electron chi connectivity index (χ0n) is 6.49. The van der Waals surface area contributed by atoms with Gasteiger partial charge in [-0.1, -0.05) is 15.9 Å². The molecule has 5 heteroatoms. The minimum atomic E-state index is -0.207. The van der Waals surface area contributed by atoms with Crippen LogP contribution in [0.25, 0.3) is 0 Å². The second-order valence-electron chi connectivity index (χ2n) is 2.45. The third kappa shape index (κ3) is 2.14. The summed E-state index contributed by atoms with van der Waals surface area (Å²) in [6.07, 6.45) is 0.485. The molecule has 1 rings (SSSR count). The van der Waals surface area contributed by atoms with Gasteiger partial charge in [0.15, 0.2) is 0 Å². The highest BCUT2D eigenvalue weighted by Crippen LogP contribution is 2.20. The van der Waals surface area contributed by atoms with Crippen LogP contribution in [0.2, 0.25) is 0 Å². The molecule has 1 amide bonds. The Labute approximate surface area is 84.2 Å². The minimum absolute atomic E-state index is 0.0726. The second-order valence-corrected chi connectivity index (χ2v) is 4.24. The number of halogens is 1. The summed E-state index contributed by atoms with van der Waals surface area (Å²) in [7, 11) is 0. The van der Waals surface area contributed by atoms with Gasteiger partial charge in [-0.3, -0.25) is 4.79 Å². The number of thioether (sulfide) groups is 1. The topological polar surface area (TPSA) is 44.1 Å². The number of hydrogen-bond donors (Lipinski definition) is 0. The van der Waals surface area contributed by atoms with E-state index in [1.807, 2.05) is 0 Å². The van der Waals surface area contributed by atoms with E-state index in [-0.39, 0.29) is 11.9 Å². The molecule has 0 bridgehead atoms. The lowest BCUT2D eigenvalue weighted by Gasteiger charge is -2.17. The summed E-state index contributed by atoms with van der Waals surface area (Å²) in [5, 5.41) is 9.36. The fraction of sp³-hybridized carbons (Fsp3) is 0.714. The molecule has 1 aliphatic heterocycles. The molecular weight excluding hydrogens is 240 g/mol. The number of rotatable bonds is 2. The number of hydrogen-bond acceptors (Lipinski definition) is 3. The molecule has 0 N–H and O–H groups in total. The Morgan fingerprint density at radius 1 is 1.83 bits per heavy atom. The molecule has 12 heavy (non-hydrogen) atoms. The average Bonchev–Trinajstić information content (AvgIpc) is 2.51. The number of amides is 1. The van der Waals surface area contributed by atoms with Crippen LogP contribution in [-0.2, 0) is 4.79 Å². The monoisotopic (exact) mass is 248 g/mol. The van der Waals surface area contributed by atoms with Gasteiger partial charge in [-0.25, -0.2) is 0 Å². The molecule has 0 unspecified atom stereocenters. The largest absolute Gasteiger partial charge is 0.317 e. The van der Waals surface area contributed by atoms with Crippen molar-refractivity contribution in [2.45, 2.75) is 12.5 Å². The third-order valence-corrected chi connectivity index (χ3v) is 3.07. The van der Waals surface area contributed by atoms with E-state index in [2.05, 4.69) is 22.0 Å². The summed E-state index contributed by atoms with van der Waals surface area (Å²) in [5.41, 5.74) is 0. The van der Waals surface area contributed by atoms with Crippen molar-refractivity contribution in [3.05, 3.63) is 0 Å². The first-order valence-corrected chi connectivity index (χ1v) is 5.90. The van der Waals surface area contributed by atoms with Crippen LogP contribution < -0.4 is 0 Å². The zero-order valence-corrected chi connectivity index (χ0v) is 8.90. The molecule has 0 saturated carbocycles. The first-order valence-electron chi connectivity index (χ1n) is 3.62. The van der Waals surface area contributed by atoms with Gasteiger partial charge < -0.3 is 4.90 Å². The summed E-state index contributed by atoms with van der Waals surface area (Å²) in [6, 6.07) is 1.92. The van der Waals surface area contributed by atoms with Gasteiger partial charge in [0.25, 0.3) is 0 Å². The maximum absolute atomic E-state index is 11.3. The van der Waals surface area contributed by atoms with E-state index in [1.165, 1.54) is 0 Å². The molecule has 0 radical (unpaired) electrons. The maximum Gasteiger partial charge on any atom is 0.225 e. The smallest absolute Gasteiger partial charge is 0.225 e. The molecule has 1 fully saturated rings. The van der Waals surface area contributed by atoms with Crippen molar-refractivity contribution in [1.29, 1.82) is 5.26 Å². The van der Waals surface area contributed by atoms with Crippen LogP contribution in [0.1, 0.15) is 6.42 Å². The van der Waals surface area contributed by atoms with Gasteiger partial charge in [-0.2, -0.15) is 5.26 Å². The van der Waals surface area contributed by atoms with E-state index in [1.54, 1.807) is 16.7 Å². The van der Waals surface area contributed by atoms with Crippen molar-refractivity contribution in [3.8, 4) is 6.07 Å². The predicted molar refractivity (Wildman–Crippen MR) is 52.0 cm³/mol. The van der Waals surface area contributed by atoms with E-state index >= 15 is 0 Å². The van der Waals surface area contributed by atoms with Crippen molar-refractivity contribution in [2.24, 2.45) is 0 Å². The lowest BCUT2D eigenvalue weighted by molar-refractivity contribution is -0.130. The van der Waals surface area contributed by atoms with Gasteiger partial charge in [0.2, 0.25) is 5.91 Å². The van der Waals surface area contributed by atoms with Gasteiger partial charge in [0, 0.05) is 17.5 Å². The fourth-order valence-corrected chi connectivity index (χ4v) is 2.46. The summed E-state index contributed by atoms with van der Waals surface area (Å²) < 4.78 is 0. The normalized spacial score (nSPS) is 22.3. The van der Waals surface area contributed by atoms with Crippen molar-refractivity contribution >= 4 is 33.6 Å². The molecule has 3 nitrogen and oxygen atoms in total. The highest BCUT2D eigenvalue weighted by molar-refractivity contribution is 9.09. The Bertz CT molecular complexity index is 216. The molecule has 0 aromatic carbocycles. The van der Waals surface area contributed by atoms with Crippen LogP contribution in [0.5, 0.6) is 0 Å². The Kier molecular flexibility index (Phi) is 3.89. The second kappa shape index (κ2) is 4.73. The summed E-state index contributed by atoms with van der Waals surface area (Å²) in [4.78, 5) is 13.0. The van der Waals surface area contributed by atoms with Crippen LogP contribution in [0, 0.1) is 11.3 Å². The lowest BCUT2D eigenvalue weighted by Crippen LogP contribution is -2.35. The van der Waals surface area contributed by atoms with Crippen LogP contribution in [0.4, 0.5) is 0 Å². The maximum atomic E-state index is 11.3. The van der Waals surface area contributed by atoms with E-state index in [9.17, 15) is 4.79 Å². The summed E-state index contributed by atoms with van der Waals surface area (Å²) in [5.74, 6) is 1.50. The molecule has 66 valence electrons. The standard InChI is InChI=1S/C7H9BrN2OS/c8-2-1-7(11)10-5-12-4-6(10)3-9/h6H,1-2,4-5H2/t6-/m1/s1. The Balaban J connectivity index is 2.51. The van der Waals surface area contributed by atoms with Gasteiger partial charge >= 0.3 is 0 Å². The Morgan fingerprint density at radius 2 is 2.58 bits per heavy atom. The van der Waals surface area contributed by atoms with E-state index < -0.39 is 0 Å². The summed E-state index contributed by atoms with van der Waals surface area (Å²) in [6.45, 7) is 0. The number of carbonyl (C=O) groups is 1. The molecule has 1 aliphatic rings. The molecule has 0 aromatic heterocycles. The highest BCUT2D eigenvalue weighted by Gasteiger charge is 2.28. The fourth-order valence-electron chi connectivity index (χ4n) is 1.02. The van der Waals surface area contributed by atoms with Gasteiger partial charge in [0.1, 0.15) is 6.04 Å². The number of carbonyl (C=O) groups excluding carboxylic acids is 1. The van der Waals surface area contributed by atoms with Gasteiger partial charge in [-0.05, 0) is 0 Å². The van der Waals surface area contributed by atoms with Gasteiger partial charge in [-0.15, -0.1) is 11.8 Å².